The van der Waals surface area contributed by atoms with Gasteiger partial charge in [-0.25, -0.2) is 0 Å². The molecule has 4 nitrogen and oxygen atoms in total. The molecule has 0 radical (unpaired) electrons. The van der Waals surface area contributed by atoms with Crippen molar-refractivity contribution in [2.75, 3.05) is 13.7 Å². The van der Waals surface area contributed by atoms with E-state index < -0.39 is 13.1 Å². The Labute approximate surface area is 48.4 Å². The van der Waals surface area contributed by atoms with Crippen molar-refractivity contribution in [2.45, 2.75) is 5.94 Å². The molecule has 0 aliphatic carbocycles. The molecule has 0 saturated heterocycles. The third-order valence-corrected chi connectivity index (χ3v) is 0.742. The summed E-state index contributed by atoms with van der Waals surface area (Å²) in [6.45, 7) is 0.164. The van der Waals surface area contributed by atoms with Gasteiger partial charge in [0, 0.05) is 7.11 Å². The van der Waals surface area contributed by atoms with Crippen molar-refractivity contribution in [2.24, 2.45) is 5.73 Å². The third-order valence-electron chi connectivity index (χ3n) is 0.742. The largest absolute Gasteiger partial charge is 0.471 e. The first-order chi connectivity index (χ1) is 3.68. The van der Waals surface area contributed by atoms with Crippen LogP contribution in [0.15, 0.2) is 0 Å². The molecule has 0 aromatic heterocycles. The fourth-order valence-electron chi connectivity index (χ4n) is 0.279. The second-order valence-corrected chi connectivity index (χ2v) is 1.53. The lowest BCUT2D eigenvalue weighted by atomic mass is 9.81. The maximum absolute atomic E-state index is 8.30. The van der Waals surface area contributed by atoms with E-state index in [-0.39, 0.29) is 6.61 Å². The minimum absolute atomic E-state index is 0.164. The van der Waals surface area contributed by atoms with Crippen molar-refractivity contribution in [1.29, 1.82) is 0 Å². The average Bonchev–Trinajstić information content (AvgIpc) is 1.67. The van der Waals surface area contributed by atoms with Crippen molar-refractivity contribution in [3.05, 3.63) is 0 Å². The van der Waals surface area contributed by atoms with Gasteiger partial charge in [0.05, 0.1) is 12.5 Å². The van der Waals surface area contributed by atoms with Gasteiger partial charge < -0.3 is 20.5 Å². The SMILES string of the molecule is COCC(N)B(O)O. The molecule has 0 aliphatic rings. The van der Waals surface area contributed by atoms with E-state index in [1.54, 1.807) is 0 Å². The number of nitrogens with two attached hydrogens (primary N) is 1. The maximum Gasteiger partial charge on any atom is 0.471 e. The topological polar surface area (TPSA) is 75.7 Å². The fourth-order valence-corrected chi connectivity index (χ4v) is 0.279. The molecule has 0 saturated carbocycles. The van der Waals surface area contributed by atoms with Crippen molar-refractivity contribution in [3.63, 3.8) is 0 Å². The Morgan fingerprint density at radius 3 is 2.38 bits per heavy atom. The van der Waals surface area contributed by atoms with E-state index in [0.717, 1.165) is 0 Å². The first-order valence-electron chi connectivity index (χ1n) is 2.29. The summed E-state index contributed by atoms with van der Waals surface area (Å²) >= 11 is 0. The van der Waals surface area contributed by atoms with Crippen LogP contribution in [-0.4, -0.2) is 36.8 Å². The summed E-state index contributed by atoms with van der Waals surface area (Å²) in [5.41, 5.74) is 5.10. The zero-order chi connectivity index (χ0) is 6.57. The lowest BCUT2D eigenvalue weighted by molar-refractivity contribution is 0.186. The van der Waals surface area contributed by atoms with E-state index in [1.807, 2.05) is 0 Å². The fraction of sp³-hybridized carbons (Fsp3) is 1.00. The first kappa shape index (κ1) is 7.90. The van der Waals surface area contributed by atoms with Gasteiger partial charge in [0.1, 0.15) is 0 Å². The Bertz CT molecular complexity index is 60.5. The molecular weight excluding hydrogens is 109 g/mol. The zero-order valence-corrected chi connectivity index (χ0v) is 4.74. The van der Waals surface area contributed by atoms with E-state index in [1.165, 1.54) is 7.11 Å². The number of methoxy groups -OCH3 is 1. The molecular formula is C3H10BNO3. The van der Waals surface area contributed by atoms with E-state index in [9.17, 15) is 0 Å². The summed E-state index contributed by atoms with van der Waals surface area (Å²) in [4.78, 5) is 0. The van der Waals surface area contributed by atoms with Crippen LogP contribution < -0.4 is 5.73 Å². The molecule has 5 heteroatoms. The number of hydrogen-bond donors (Lipinski definition) is 3. The summed E-state index contributed by atoms with van der Waals surface area (Å²) in [7, 11) is -0.0302. The number of ether oxygens (including phenoxy) is 1. The third kappa shape index (κ3) is 2.98. The van der Waals surface area contributed by atoms with Gasteiger partial charge in [0.2, 0.25) is 0 Å². The smallest absolute Gasteiger partial charge is 0.426 e. The van der Waals surface area contributed by atoms with Gasteiger partial charge in [-0.05, 0) is 0 Å². The number of hydrogen-bond acceptors (Lipinski definition) is 4. The highest BCUT2D eigenvalue weighted by atomic mass is 16.5. The van der Waals surface area contributed by atoms with Crippen LogP contribution >= 0.6 is 0 Å². The monoisotopic (exact) mass is 119 g/mol. The standard InChI is InChI=1S/C3H10BNO3/c1-8-2-3(5)4(6)7/h3,6-7H,2,5H2,1H3. The Morgan fingerprint density at radius 2 is 2.25 bits per heavy atom. The minimum Gasteiger partial charge on any atom is -0.426 e. The molecule has 4 N–H and O–H groups in total. The van der Waals surface area contributed by atoms with Crippen LogP contribution in [0.4, 0.5) is 0 Å². The van der Waals surface area contributed by atoms with E-state index >= 15 is 0 Å². The van der Waals surface area contributed by atoms with Crippen LogP contribution in [0.5, 0.6) is 0 Å². The van der Waals surface area contributed by atoms with Crippen LogP contribution in [0.25, 0.3) is 0 Å². The highest BCUT2D eigenvalue weighted by Crippen LogP contribution is 1.79. The lowest BCUT2D eigenvalue weighted by Crippen LogP contribution is -2.42. The van der Waals surface area contributed by atoms with E-state index in [4.69, 9.17) is 15.8 Å². The molecule has 0 aliphatic heterocycles. The first-order valence-corrected chi connectivity index (χ1v) is 2.29. The minimum atomic E-state index is -1.48. The second kappa shape index (κ2) is 3.85. The maximum atomic E-state index is 8.30. The quantitative estimate of drug-likeness (QED) is 0.374. The summed E-state index contributed by atoms with van der Waals surface area (Å²) in [6, 6.07) is 0. The molecule has 0 spiro atoms. The van der Waals surface area contributed by atoms with Crippen LogP contribution in [0.2, 0.25) is 0 Å². The van der Waals surface area contributed by atoms with Crippen molar-refractivity contribution in [3.8, 4) is 0 Å². The normalized spacial score (nSPS) is 13.5. The van der Waals surface area contributed by atoms with Gasteiger partial charge in [-0.2, -0.15) is 0 Å². The molecule has 0 rings (SSSR count). The molecule has 0 amide bonds. The Balaban J connectivity index is 3.17. The van der Waals surface area contributed by atoms with Gasteiger partial charge in [-0.1, -0.05) is 0 Å². The Kier molecular flexibility index (Phi) is 3.81. The Hall–Kier alpha value is -0.0951. The van der Waals surface area contributed by atoms with Crippen molar-refractivity contribution < 1.29 is 14.8 Å². The van der Waals surface area contributed by atoms with Gasteiger partial charge in [0.15, 0.2) is 0 Å². The molecule has 1 atom stereocenters. The van der Waals surface area contributed by atoms with Gasteiger partial charge in [0.25, 0.3) is 0 Å². The van der Waals surface area contributed by atoms with Crippen LogP contribution in [0, 0.1) is 0 Å². The highest BCUT2D eigenvalue weighted by Gasteiger charge is 2.17. The summed E-state index contributed by atoms with van der Waals surface area (Å²) in [5, 5.41) is 16.6. The molecule has 0 aromatic rings. The predicted molar refractivity (Wildman–Crippen MR) is 30.0 cm³/mol. The zero-order valence-electron chi connectivity index (χ0n) is 4.74. The lowest BCUT2D eigenvalue weighted by Gasteiger charge is -2.06. The van der Waals surface area contributed by atoms with Crippen LogP contribution in [0.3, 0.4) is 0 Å². The molecule has 0 bridgehead atoms. The van der Waals surface area contributed by atoms with E-state index in [2.05, 4.69) is 4.74 Å². The van der Waals surface area contributed by atoms with Crippen molar-refractivity contribution >= 4 is 7.12 Å². The molecule has 1 unspecified atom stereocenters. The Morgan fingerprint density at radius 1 is 1.75 bits per heavy atom. The predicted octanol–water partition coefficient (Wildman–Crippen LogP) is -2.03. The van der Waals surface area contributed by atoms with Crippen LogP contribution in [0.1, 0.15) is 0 Å². The molecule has 0 heterocycles. The second-order valence-electron chi connectivity index (χ2n) is 1.53. The molecule has 0 aromatic carbocycles. The summed E-state index contributed by atoms with van der Waals surface area (Å²) < 4.78 is 4.52. The molecule has 8 heavy (non-hydrogen) atoms. The van der Waals surface area contributed by atoms with Gasteiger partial charge >= 0.3 is 7.12 Å². The average molecular weight is 119 g/mol. The van der Waals surface area contributed by atoms with Crippen LogP contribution in [-0.2, 0) is 4.74 Å². The van der Waals surface area contributed by atoms with Gasteiger partial charge in [-0.3, -0.25) is 0 Å². The van der Waals surface area contributed by atoms with E-state index in [0.29, 0.717) is 0 Å². The van der Waals surface area contributed by atoms with Gasteiger partial charge in [-0.15, -0.1) is 0 Å². The highest BCUT2D eigenvalue weighted by molar-refractivity contribution is 6.43. The summed E-state index contributed by atoms with van der Waals surface area (Å²) in [6.07, 6.45) is 0. The molecule has 48 valence electrons. The molecule has 0 fully saturated rings. The number of rotatable bonds is 3. The van der Waals surface area contributed by atoms with Crippen molar-refractivity contribution in [1.82, 2.24) is 0 Å². The summed E-state index contributed by atoms with van der Waals surface area (Å²) in [5.74, 6) is -0.694.